The molecule has 33 heavy (non-hydrogen) atoms. The summed E-state index contributed by atoms with van der Waals surface area (Å²) in [5.74, 6) is -0.499. The van der Waals surface area contributed by atoms with Crippen molar-refractivity contribution in [1.29, 1.82) is 0 Å². The first kappa shape index (κ1) is 21.3. The molecule has 4 heterocycles. The van der Waals surface area contributed by atoms with E-state index in [4.69, 9.17) is 16.3 Å². The highest BCUT2D eigenvalue weighted by Crippen LogP contribution is 2.31. The molecule has 9 nitrogen and oxygen atoms in total. The molecule has 0 N–H and O–H groups in total. The number of fused-ring (bicyclic) bond motifs is 3. The van der Waals surface area contributed by atoms with Crippen LogP contribution in [0.3, 0.4) is 0 Å². The van der Waals surface area contributed by atoms with E-state index in [1.54, 1.807) is 20.4 Å². The molecule has 1 amide bonds. The summed E-state index contributed by atoms with van der Waals surface area (Å²) in [6.45, 7) is 5.33. The summed E-state index contributed by atoms with van der Waals surface area (Å²) in [4.78, 5) is 23.4. The molecule has 11 heteroatoms. The normalized spacial score (nSPS) is 13.0. The Bertz CT molecular complexity index is 1350. The van der Waals surface area contributed by atoms with Gasteiger partial charge in [-0.25, -0.2) is 18.9 Å². The Hall–Kier alpha value is -3.53. The highest BCUT2D eigenvalue weighted by atomic mass is 35.5. The lowest BCUT2D eigenvalue weighted by Crippen LogP contribution is -2.26. The van der Waals surface area contributed by atoms with E-state index in [-0.39, 0.29) is 11.7 Å². The van der Waals surface area contributed by atoms with Crippen LogP contribution in [0.4, 0.5) is 4.39 Å². The molecule has 0 radical (unpaired) electrons. The van der Waals surface area contributed by atoms with E-state index in [9.17, 15) is 9.18 Å². The molecular formula is C22H21ClFN7O2. The number of rotatable bonds is 6. The molecule has 0 saturated heterocycles. The molecule has 0 spiro atoms. The minimum atomic E-state index is -0.466. The van der Waals surface area contributed by atoms with Crippen LogP contribution in [0.1, 0.15) is 39.4 Å². The van der Waals surface area contributed by atoms with E-state index in [0.29, 0.717) is 54.6 Å². The lowest BCUT2D eigenvalue weighted by molar-refractivity contribution is 0.0745. The molecule has 1 aliphatic rings. The number of carbonyl (C=O) groups excluding carboxylic acids is 1. The van der Waals surface area contributed by atoms with Gasteiger partial charge in [-0.2, -0.15) is 10.2 Å². The number of hydrogen-bond acceptors (Lipinski definition) is 6. The number of ether oxygens (including phenoxy) is 1. The van der Waals surface area contributed by atoms with Crippen LogP contribution in [0.2, 0.25) is 5.02 Å². The van der Waals surface area contributed by atoms with Crippen molar-refractivity contribution in [3.05, 3.63) is 69.9 Å². The predicted octanol–water partition coefficient (Wildman–Crippen LogP) is 3.36. The van der Waals surface area contributed by atoms with Crippen LogP contribution in [0, 0.1) is 19.7 Å². The van der Waals surface area contributed by atoms with Crippen LogP contribution in [0.15, 0.2) is 30.9 Å². The van der Waals surface area contributed by atoms with Gasteiger partial charge in [0, 0.05) is 24.6 Å². The fourth-order valence-electron chi connectivity index (χ4n) is 3.98. The number of nitrogens with zero attached hydrogens (tertiary/aromatic N) is 7. The monoisotopic (exact) mass is 469 g/mol. The van der Waals surface area contributed by atoms with Gasteiger partial charge in [-0.05, 0) is 26.0 Å². The Labute approximate surface area is 193 Å². The lowest BCUT2D eigenvalue weighted by atomic mass is 10.1. The van der Waals surface area contributed by atoms with E-state index in [1.165, 1.54) is 24.5 Å². The van der Waals surface area contributed by atoms with Crippen molar-refractivity contribution >= 4 is 23.2 Å². The third-order valence-electron chi connectivity index (χ3n) is 5.67. The van der Waals surface area contributed by atoms with E-state index in [1.807, 2.05) is 13.8 Å². The molecule has 0 aliphatic carbocycles. The second kappa shape index (κ2) is 8.43. The van der Waals surface area contributed by atoms with Crippen molar-refractivity contribution in [3.63, 3.8) is 0 Å². The number of hydrogen-bond donors (Lipinski definition) is 0. The van der Waals surface area contributed by atoms with Gasteiger partial charge in [0.2, 0.25) is 0 Å². The zero-order valence-corrected chi connectivity index (χ0v) is 18.9. The van der Waals surface area contributed by atoms with Crippen molar-refractivity contribution in [2.24, 2.45) is 0 Å². The maximum absolute atomic E-state index is 13.9. The van der Waals surface area contributed by atoms with Crippen molar-refractivity contribution in [3.8, 4) is 5.75 Å². The average molecular weight is 470 g/mol. The first-order valence-electron chi connectivity index (χ1n) is 10.5. The van der Waals surface area contributed by atoms with Crippen LogP contribution in [-0.4, -0.2) is 46.8 Å². The third-order valence-corrected chi connectivity index (χ3v) is 6.22. The summed E-state index contributed by atoms with van der Waals surface area (Å²) in [5, 5.41) is 9.23. The lowest BCUT2D eigenvalue weighted by Gasteiger charge is -2.18. The van der Waals surface area contributed by atoms with Crippen molar-refractivity contribution in [2.75, 3.05) is 6.61 Å². The molecular weight excluding hydrogens is 449 g/mol. The second-order valence-electron chi connectivity index (χ2n) is 7.92. The minimum absolute atomic E-state index is 0.217. The van der Waals surface area contributed by atoms with Gasteiger partial charge in [-0.15, -0.1) is 0 Å². The molecule has 0 atom stereocenters. The van der Waals surface area contributed by atoms with Gasteiger partial charge in [-0.3, -0.25) is 9.48 Å². The molecule has 3 aromatic heterocycles. The first-order valence-corrected chi connectivity index (χ1v) is 10.9. The smallest absolute Gasteiger partial charge is 0.258 e. The second-order valence-corrected chi connectivity index (χ2v) is 8.30. The Morgan fingerprint density at radius 1 is 1.27 bits per heavy atom. The van der Waals surface area contributed by atoms with Crippen LogP contribution in [-0.2, 0) is 19.6 Å². The first-order chi connectivity index (χ1) is 15.9. The Morgan fingerprint density at radius 3 is 2.91 bits per heavy atom. The topological polar surface area (TPSA) is 90.4 Å². The molecule has 5 rings (SSSR count). The maximum Gasteiger partial charge on any atom is 0.258 e. The number of amides is 1. The van der Waals surface area contributed by atoms with Gasteiger partial charge >= 0.3 is 0 Å². The molecule has 0 unspecified atom stereocenters. The summed E-state index contributed by atoms with van der Waals surface area (Å²) < 4.78 is 23.1. The summed E-state index contributed by atoms with van der Waals surface area (Å²) in [5.41, 5.74) is 4.20. The van der Waals surface area contributed by atoms with Crippen LogP contribution in [0.5, 0.6) is 5.75 Å². The van der Waals surface area contributed by atoms with Gasteiger partial charge in [-0.1, -0.05) is 11.6 Å². The van der Waals surface area contributed by atoms with E-state index in [2.05, 4.69) is 20.2 Å². The van der Waals surface area contributed by atoms with E-state index >= 15 is 0 Å². The summed E-state index contributed by atoms with van der Waals surface area (Å²) in [6.07, 6.45) is 3.71. The maximum atomic E-state index is 13.9. The summed E-state index contributed by atoms with van der Waals surface area (Å²) >= 11 is 6.31. The van der Waals surface area contributed by atoms with Crippen molar-refractivity contribution in [1.82, 2.24) is 34.3 Å². The molecule has 0 fully saturated rings. The highest BCUT2D eigenvalue weighted by Gasteiger charge is 2.31. The van der Waals surface area contributed by atoms with E-state index in [0.717, 1.165) is 17.0 Å². The highest BCUT2D eigenvalue weighted by molar-refractivity contribution is 6.31. The van der Waals surface area contributed by atoms with Crippen LogP contribution < -0.4 is 4.74 Å². The van der Waals surface area contributed by atoms with Crippen molar-refractivity contribution in [2.45, 2.75) is 39.9 Å². The predicted molar refractivity (Wildman–Crippen MR) is 118 cm³/mol. The molecule has 0 saturated carbocycles. The van der Waals surface area contributed by atoms with Crippen molar-refractivity contribution < 1.29 is 13.9 Å². The fraction of sp³-hybridized carbons (Fsp3) is 0.318. The standard InChI is InChI=1S/C22H21ClFN7O2/c1-13-20(23)14(2)31-21(27-13)17-9-29(10-18(17)28-31)22(32)16-5-4-15(24)8-19(16)33-7-3-6-30-12-25-11-26-30/h4-5,8,11-12H,3,6-7,9-10H2,1-2H3. The van der Waals surface area contributed by atoms with Gasteiger partial charge in [0.05, 0.1) is 47.4 Å². The third kappa shape index (κ3) is 3.91. The molecule has 0 bridgehead atoms. The number of halogens is 2. The summed E-state index contributed by atoms with van der Waals surface area (Å²) in [6, 6.07) is 3.96. The summed E-state index contributed by atoms with van der Waals surface area (Å²) in [7, 11) is 0. The fourth-order valence-corrected chi connectivity index (χ4v) is 4.10. The van der Waals surface area contributed by atoms with Gasteiger partial charge < -0.3 is 9.64 Å². The van der Waals surface area contributed by atoms with Gasteiger partial charge in [0.25, 0.3) is 5.91 Å². The Morgan fingerprint density at radius 2 is 2.12 bits per heavy atom. The minimum Gasteiger partial charge on any atom is -0.493 e. The SMILES string of the molecule is Cc1nc2c3c(nn2c(C)c1Cl)CN(C(=O)c1ccc(F)cc1OCCCn1cncn1)C3. The molecule has 1 aromatic carbocycles. The quantitative estimate of drug-likeness (QED) is 0.402. The average Bonchev–Trinajstić information content (AvgIpc) is 3.52. The number of aromatic nitrogens is 6. The molecule has 170 valence electrons. The van der Waals surface area contributed by atoms with Crippen LogP contribution in [0.25, 0.3) is 5.65 Å². The van der Waals surface area contributed by atoms with Gasteiger partial charge in [0.1, 0.15) is 24.2 Å². The van der Waals surface area contributed by atoms with Crippen LogP contribution >= 0.6 is 11.6 Å². The zero-order valence-electron chi connectivity index (χ0n) is 18.1. The number of aryl methyl sites for hydroxylation is 3. The van der Waals surface area contributed by atoms with Gasteiger partial charge in [0.15, 0.2) is 5.65 Å². The largest absolute Gasteiger partial charge is 0.493 e. The Balaban J connectivity index is 1.33. The molecule has 4 aromatic rings. The van der Waals surface area contributed by atoms with E-state index < -0.39 is 5.82 Å². The molecule has 1 aliphatic heterocycles. The zero-order chi connectivity index (χ0) is 23.1. The number of benzene rings is 1. The Kier molecular flexibility index (Phi) is 5.45. The number of carbonyl (C=O) groups is 1.